The molecule has 0 atom stereocenters. The van der Waals surface area contributed by atoms with Crippen molar-refractivity contribution in [3.05, 3.63) is 28.8 Å². The SMILES string of the molecule is COCCNS(=O)(=O)c1ccc(Cl)c(C(=O)OCC(=O)N2CCCC2=O)c1. The molecule has 1 aliphatic heterocycles. The smallest absolute Gasteiger partial charge is 0.340 e. The highest BCUT2D eigenvalue weighted by Gasteiger charge is 2.27. The van der Waals surface area contributed by atoms with Crippen molar-refractivity contribution in [2.24, 2.45) is 0 Å². The monoisotopic (exact) mass is 418 g/mol. The van der Waals surface area contributed by atoms with E-state index in [1.54, 1.807) is 0 Å². The molecular weight excluding hydrogens is 400 g/mol. The molecule has 1 heterocycles. The summed E-state index contributed by atoms with van der Waals surface area (Å²) in [6, 6.07) is 3.54. The van der Waals surface area contributed by atoms with E-state index >= 15 is 0 Å². The number of nitrogens with one attached hydrogen (secondary N) is 1. The van der Waals surface area contributed by atoms with Gasteiger partial charge in [0, 0.05) is 26.6 Å². The third-order valence-corrected chi connectivity index (χ3v) is 5.56. The van der Waals surface area contributed by atoms with Gasteiger partial charge in [0.05, 0.1) is 22.1 Å². The minimum atomic E-state index is -3.87. The number of benzene rings is 1. The molecule has 1 fully saturated rings. The highest BCUT2D eigenvalue weighted by molar-refractivity contribution is 7.89. The van der Waals surface area contributed by atoms with Crippen LogP contribution in [0.15, 0.2) is 23.1 Å². The van der Waals surface area contributed by atoms with Gasteiger partial charge in [-0.3, -0.25) is 14.5 Å². The van der Waals surface area contributed by atoms with Crippen LogP contribution in [0, 0.1) is 0 Å². The molecule has 1 saturated heterocycles. The summed E-state index contributed by atoms with van der Waals surface area (Å²) in [5.74, 6) is -1.91. The van der Waals surface area contributed by atoms with E-state index in [1.165, 1.54) is 19.2 Å². The van der Waals surface area contributed by atoms with Crippen LogP contribution in [-0.4, -0.2) is 64.5 Å². The van der Waals surface area contributed by atoms with Crippen LogP contribution in [-0.2, 0) is 29.1 Å². The van der Waals surface area contributed by atoms with E-state index in [0.717, 1.165) is 11.0 Å². The fourth-order valence-electron chi connectivity index (χ4n) is 2.38. The topological polar surface area (TPSA) is 119 Å². The summed E-state index contributed by atoms with van der Waals surface area (Å²) in [5.41, 5.74) is -0.202. The maximum Gasteiger partial charge on any atom is 0.340 e. The van der Waals surface area contributed by atoms with E-state index in [2.05, 4.69) is 4.72 Å². The Morgan fingerprint density at radius 1 is 1.33 bits per heavy atom. The number of carbonyl (C=O) groups is 3. The van der Waals surface area contributed by atoms with Gasteiger partial charge in [0.25, 0.3) is 5.91 Å². The first-order valence-electron chi connectivity index (χ1n) is 8.04. The van der Waals surface area contributed by atoms with Gasteiger partial charge < -0.3 is 9.47 Å². The van der Waals surface area contributed by atoms with Gasteiger partial charge in [0.2, 0.25) is 15.9 Å². The number of hydrogen-bond donors (Lipinski definition) is 1. The molecule has 148 valence electrons. The highest BCUT2D eigenvalue weighted by Crippen LogP contribution is 2.21. The third-order valence-electron chi connectivity index (χ3n) is 3.77. The normalized spacial score (nSPS) is 14.4. The van der Waals surface area contributed by atoms with Crippen LogP contribution in [0.1, 0.15) is 23.2 Å². The molecule has 0 saturated carbocycles. The Balaban J connectivity index is 2.07. The zero-order chi connectivity index (χ0) is 20.0. The number of hydrogen-bond acceptors (Lipinski definition) is 7. The number of nitrogens with zero attached hydrogens (tertiary/aromatic N) is 1. The summed E-state index contributed by atoms with van der Waals surface area (Å²) in [6.45, 7) is -0.112. The van der Waals surface area contributed by atoms with Gasteiger partial charge in [-0.15, -0.1) is 0 Å². The Morgan fingerprint density at radius 2 is 2.07 bits per heavy atom. The van der Waals surface area contributed by atoms with Gasteiger partial charge in [0.1, 0.15) is 0 Å². The predicted octanol–water partition coefficient (Wildman–Crippen LogP) is 0.570. The first-order valence-corrected chi connectivity index (χ1v) is 9.91. The fourth-order valence-corrected chi connectivity index (χ4v) is 3.62. The number of imide groups is 1. The largest absolute Gasteiger partial charge is 0.452 e. The van der Waals surface area contributed by atoms with Gasteiger partial charge in [-0.25, -0.2) is 17.9 Å². The van der Waals surface area contributed by atoms with Crippen molar-refractivity contribution in [3.63, 3.8) is 0 Å². The molecule has 0 aromatic heterocycles. The lowest BCUT2D eigenvalue weighted by Crippen LogP contribution is -2.35. The minimum Gasteiger partial charge on any atom is -0.452 e. The maximum absolute atomic E-state index is 12.2. The molecular formula is C16H19ClN2O7S. The van der Waals surface area contributed by atoms with Crippen LogP contribution < -0.4 is 4.72 Å². The number of rotatable bonds is 8. The molecule has 0 unspecified atom stereocenters. The van der Waals surface area contributed by atoms with Crippen LogP contribution in [0.25, 0.3) is 0 Å². The van der Waals surface area contributed by atoms with E-state index < -0.39 is 28.5 Å². The van der Waals surface area contributed by atoms with Crippen molar-refractivity contribution < 1.29 is 32.3 Å². The van der Waals surface area contributed by atoms with Crippen molar-refractivity contribution in [1.29, 1.82) is 0 Å². The van der Waals surface area contributed by atoms with E-state index in [-0.39, 0.29) is 47.5 Å². The molecule has 11 heteroatoms. The standard InChI is InChI=1S/C16H19ClN2O7S/c1-25-8-6-18-27(23,24)11-4-5-13(17)12(9-11)16(22)26-10-15(21)19-7-2-3-14(19)20/h4-5,9,18H,2-3,6-8,10H2,1H3. The Kier molecular flexibility index (Phi) is 7.31. The van der Waals surface area contributed by atoms with E-state index in [1.807, 2.05) is 0 Å². The van der Waals surface area contributed by atoms with Crippen molar-refractivity contribution in [2.75, 3.05) is 33.4 Å². The molecule has 1 aliphatic rings. The average Bonchev–Trinajstić information content (AvgIpc) is 3.05. The second-order valence-corrected chi connectivity index (χ2v) is 7.83. The highest BCUT2D eigenvalue weighted by atomic mass is 35.5. The number of sulfonamides is 1. The Morgan fingerprint density at radius 3 is 2.70 bits per heavy atom. The van der Waals surface area contributed by atoms with Crippen LogP contribution in [0.2, 0.25) is 5.02 Å². The minimum absolute atomic E-state index is 0.0273. The Hall–Kier alpha value is -2.01. The molecule has 2 amide bonds. The number of ether oxygens (including phenoxy) is 2. The lowest BCUT2D eigenvalue weighted by Gasteiger charge is -2.14. The molecule has 9 nitrogen and oxygen atoms in total. The second kappa shape index (κ2) is 9.27. The summed E-state index contributed by atoms with van der Waals surface area (Å²) in [5, 5.41) is -0.0273. The Labute approximate surface area is 161 Å². The third kappa shape index (κ3) is 5.48. The van der Waals surface area contributed by atoms with E-state index in [4.69, 9.17) is 21.1 Å². The molecule has 0 aliphatic carbocycles. The number of carbonyl (C=O) groups excluding carboxylic acids is 3. The Bertz CT molecular complexity index is 841. The average molecular weight is 419 g/mol. The van der Waals surface area contributed by atoms with E-state index in [0.29, 0.717) is 6.42 Å². The number of amides is 2. The van der Waals surface area contributed by atoms with Crippen molar-refractivity contribution in [2.45, 2.75) is 17.7 Å². The molecule has 0 spiro atoms. The number of halogens is 1. The second-order valence-electron chi connectivity index (χ2n) is 5.65. The van der Waals surface area contributed by atoms with Gasteiger partial charge in [0.15, 0.2) is 6.61 Å². The lowest BCUT2D eigenvalue weighted by atomic mass is 10.2. The maximum atomic E-state index is 12.2. The number of methoxy groups -OCH3 is 1. The lowest BCUT2D eigenvalue weighted by molar-refractivity contribution is -0.143. The molecule has 1 aromatic carbocycles. The number of esters is 1. The van der Waals surface area contributed by atoms with Crippen molar-refractivity contribution in [1.82, 2.24) is 9.62 Å². The van der Waals surface area contributed by atoms with Crippen LogP contribution in [0.5, 0.6) is 0 Å². The fraction of sp³-hybridized carbons (Fsp3) is 0.438. The summed E-state index contributed by atoms with van der Waals surface area (Å²) in [7, 11) is -2.44. The first kappa shape index (κ1) is 21.3. The van der Waals surface area contributed by atoms with Crippen LogP contribution in [0.3, 0.4) is 0 Å². The summed E-state index contributed by atoms with van der Waals surface area (Å²) >= 11 is 5.95. The van der Waals surface area contributed by atoms with Crippen LogP contribution >= 0.6 is 11.6 Å². The quantitative estimate of drug-likeness (QED) is 0.484. The zero-order valence-corrected chi connectivity index (χ0v) is 16.1. The van der Waals surface area contributed by atoms with E-state index in [9.17, 15) is 22.8 Å². The van der Waals surface area contributed by atoms with Crippen molar-refractivity contribution in [3.8, 4) is 0 Å². The first-order chi connectivity index (χ1) is 12.8. The molecule has 0 radical (unpaired) electrons. The molecule has 1 aromatic rings. The summed E-state index contributed by atoms with van der Waals surface area (Å²) < 4.78 is 36.4. The molecule has 2 rings (SSSR count). The zero-order valence-electron chi connectivity index (χ0n) is 14.6. The molecule has 0 bridgehead atoms. The molecule has 27 heavy (non-hydrogen) atoms. The van der Waals surface area contributed by atoms with Gasteiger partial charge in [-0.1, -0.05) is 11.6 Å². The van der Waals surface area contributed by atoms with Crippen molar-refractivity contribution >= 4 is 39.4 Å². The summed E-state index contributed by atoms with van der Waals surface area (Å²) in [6.07, 6.45) is 0.849. The van der Waals surface area contributed by atoms with Gasteiger partial charge in [-0.05, 0) is 24.6 Å². The summed E-state index contributed by atoms with van der Waals surface area (Å²) in [4.78, 5) is 36.5. The predicted molar refractivity (Wildman–Crippen MR) is 94.8 cm³/mol. The van der Waals surface area contributed by atoms with Crippen LogP contribution in [0.4, 0.5) is 0 Å². The van der Waals surface area contributed by atoms with Gasteiger partial charge in [-0.2, -0.15) is 0 Å². The van der Waals surface area contributed by atoms with Gasteiger partial charge >= 0.3 is 5.97 Å². The number of likely N-dealkylation sites (tertiary alicyclic amines) is 1. The molecule has 1 N–H and O–H groups in total.